The van der Waals surface area contributed by atoms with Crippen LogP contribution in [0.2, 0.25) is 0 Å². The Morgan fingerprint density at radius 2 is 2.27 bits per heavy atom. The van der Waals surface area contributed by atoms with Crippen LogP contribution in [0, 0.1) is 0 Å². The normalized spacial score (nSPS) is 12.6. The third kappa shape index (κ3) is 2.10. The van der Waals surface area contributed by atoms with Crippen molar-refractivity contribution in [3.63, 3.8) is 0 Å². The van der Waals surface area contributed by atoms with Crippen LogP contribution < -0.4 is 4.74 Å². The lowest BCUT2D eigenvalue weighted by Gasteiger charge is -2.03. The summed E-state index contributed by atoms with van der Waals surface area (Å²) < 4.78 is 15.7. The topological polar surface area (TPSA) is 45.2 Å². The SMILES string of the molecule is COc1ccc([S+](C)[O-])cn1. The van der Waals surface area contributed by atoms with Crippen LogP contribution in [0.25, 0.3) is 0 Å². The van der Waals surface area contributed by atoms with Gasteiger partial charge in [-0.1, -0.05) is 0 Å². The van der Waals surface area contributed by atoms with Gasteiger partial charge in [-0.15, -0.1) is 0 Å². The van der Waals surface area contributed by atoms with Gasteiger partial charge in [0.2, 0.25) is 5.88 Å². The summed E-state index contributed by atoms with van der Waals surface area (Å²) in [6, 6.07) is 3.43. The van der Waals surface area contributed by atoms with Crippen molar-refractivity contribution in [3.05, 3.63) is 18.3 Å². The number of rotatable bonds is 2. The molecular formula is C7H9NO2S. The molecule has 1 rings (SSSR count). The Labute approximate surface area is 68.6 Å². The van der Waals surface area contributed by atoms with E-state index in [1.165, 1.54) is 0 Å². The molecule has 0 saturated heterocycles. The van der Waals surface area contributed by atoms with Crippen LogP contribution in [0.15, 0.2) is 23.2 Å². The second-order valence-electron chi connectivity index (χ2n) is 1.99. The Hall–Kier alpha value is -0.740. The molecule has 0 bridgehead atoms. The van der Waals surface area contributed by atoms with E-state index in [1.54, 1.807) is 31.7 Å². The zero-order valence-electron chi connectivity index (χ0n) is 6.40. The predicted molar refractivity (Wildman–Crippen MR) is 43.1 cm³/mol. The van der Waals surface area contributed by atoms with Crippen molar-refractivity contribution in [3.8, 4) is 5.88 Å². The zero-order valence-corrected chi connectivity index (χ0v) is 7.22. The van der Waals surface area contributed by atoms with Crippen molar-refractivity contribution < 1.29 is 9.29 Å². The van der Waals surface area contributed by atoms with Gasteiger partial charge in [-0.05, 0) is 11.2 Å². The molecule has 0 fully saturated rings. The molecule has 1 atom stereocenters. The number of methoxy groups -OCH3 is 1. The molecule has 1 heterocycles. The minimum atomic E-state index is -0.957. The van der Waals surface area contributed by atoms with Gasteiger partial charge in [0.05, 0.1) is 13.3 Å². The van der Waals surface area contributed by atoms with Gasteiger partial charge in [-0.25, -0.2) is 4.98 Å². The molecule has 0 amide bonds. The van der Waals surface area contributed by atoms with Gasteiger partial charge in [0.15, 0.2) is 4.90 Å². The van der Waals surface area contributed by atoms with E-state index in [1.807, 2.05) is 0 Å². The van der Waals surface area contributed by atoms with E-state index in [0.29, 0.717) is 10.8 Å². The summed E-state index contributed by atoms with van der Waals surface area (Å²) in [4.78, 5) is 4.62. The van der Waals surface area contributed by atoms with E-state index in [2.05, 4.69) is 4.98 Å². The average Bonchev–Trinajstić information content (AvgIpc) is 2.05. The first kappa shape index (κ1) is 8.36. The summed E-state index contributed by atoms with van der Waals surface area (Å²) in [5.41, 5.74) is 0. The van der Waals surface area contributed by atoms with Crippen LogP contribution in [0.4, 0.5) is 0 Å². The van der Waals surface area contributed by atoms with Crippen molar-refractivity contribution >= 4 is 11.2 Å². The van der Waals surface area contributed by atoms with E-state index in [9.17, 15) is 4.55 Å². The van der Waals surface area contributed by atoms with Gasteiger partial charge in [-0.2, -0.15) is 0 Å². The lowest BCUT2D eigenvalue weighted by molar-refractivity contribution is 0.397. The second-order valence-corrected chi connectivity index (χ2v) is 3.37. The van der Waals surface area contributed by atoms with E-state index in [0.717, 1.165) is 0 Å². The Balaban J connectivity index is 2.83. The Morgan fingerprint density at radius 3 is 2.64 bits per heavy atom. The van der Waals surface area contributed by atoms with Crippen molar-refractivity contribution in [2.45, 2.75) is 4.90 Å². The standard InChI is InChI=1S/C7H9NO2S/c1-10-7-4-3-6(5-8-7)11(2)9/h3-5H,1-2H3. The number of hydrogen-bond donors (Lipinski definition) is 0. The van der Waals surface area contributed by atoms with Gasteiger partial charge in [-0.3, -0.25) is 0 Å². The first-order valence-corrected chi connectivity index (χ1v) is 4.63. The molecule has 11 heavy (non-hydrogen) atoms. The van der Waals surface area contributed by atoms with Gasteiger partial charge in [0, 0.05) is 12.1 Å². The smallest absolute Gasteiger partial charge is 0.213 e. The molecule has 0 saturated carbocycles. The number of aromatic nitrogens is 1. The molecule has 60 valence electrons. The van der Waals surface area contributed by atoms with Crippen LogP contribution in [-0.2, 0) is 11.2 Å². The van der Waals surface area contributed by atoms with Crippen molar-refractivity contribution in [1.29, 1.82) is 0 Å². The summed E-state index contributed by atoms with van der Waals surface area (Å²) in [5.74, 6) is 0.541. The molecular weight excluding hydrogens is 162 g/mol. The van der Waals surface area contributed by atoms with Crippen LogP contribution in [-0.4, -0.2) is 22.9 Å². The molecule has 0 aliphatic rings. The van der Waals surface area contributed by atoms with Crippen LogP contribution in [0.1, 0.15) is 0 Å². The minimum Gasteiger partial charge on any atom is -0.612 e. The molecule has 1 unspecified atom stereocenters. The lowest BCUT2D eigenvalue weighted by atomic mass is 10.5. The summed E-state index contributed by atoms with van der Waals surface area (Å²) in [6.45, 7) is 0. The molecule has 0 aliphatic carbocycles. The van der Waals surface area contributed by atoms with Crippen molar-refractivity contribution in [2.24, 2.45) is 0 Å². The fourth-order valence-corrected chi connectivity index (χ4v) is 1.12. The molecule has 0 spiro atoms. The maximum atomic E-state index is 10.9. The average molecular weight is 171 g/mol. The molecule has 1 aromatic rings. The number of nitrogens with zero attached hydrogens (tertiary/aromatic N) is 1. The molecule has 0 radical (unpaired) electrons. The van der Waals surface area contributed by atoms with Crippen LogP contribution in [0.3, 0.4) is 0 Å². The highest BCUT2D eigenvalue weighted by Crippen LogP contribution is 2.10. The molecule has 4 heteroatoms. The monoisotopic (exact) mass is 171 g/mol. The first-order chi connectivity index (χ1) is 5.24. The van der Waals surface area contributed by atoms with Crippen LogP contribution in [0.5, 0.6) is 5.88 Å². The highest BCUT2D eigenvalue weighted by Gasteiger charge is 2.03. The van der Waals surface area contributed by atoms with Crippen LogP contribution >= 0.6 is 0 Å². The molecule has 0 N–H and O–H groups in total. The van der Waals surface area contributed by atoms with E-state index < -0.39 is 11.2 Å². The van der Waals surface area contributed by atoms with Crippen molar-refractivity contribution in [1.82, 2.24) is 4.98 Å². The van der Waals surface area contributed by atoms with E-state index in [4.69, 9.17) is 4.74 Å². The fraction of sp³-hybridized carbons (Fsp3) is 0.286. The Morgan fingerprint density at radius 1 is 1.55 bits per heavy atom. The fourth-order valence-electron chi connectivity index (χ4n) is 0.658. The third-order valence-electron chi connectivity index (χ3n) is 1.25. The molecule has 1 aromatic heterocycles. The lowest BCUT2D eigenvalue weighted by Crippen LogP contribution is -1.98. The quantitative estimate of drug-likeness (QED) is 0.619. The Kier molecular flexibility index (Phi) is 2.73. The highest BCUT2D eigenvalue weighted by molar-refractivity contribution is 7.90. The number of pyridine rings is 1. The van der Waals surface area contributed by atoms with Gasteiger partial charge in [0.25, 0.3) is 0 Å². The summed E-state index contributed by atoms with van der Waals surface area (Å²) >= 11 is -0.957. The van der Waals surface area contributed by atoms with Gasteiger partial charge >= 0.3 is 0 Å². The summed E-state index contributed by atoms with van der Waals surface area (Å²) in [5, 5.41) is 0. The summed E-state index contributed by atoms with van der Waals surface area (Å²) in [7, 11) is 1.55. The maximum Gasteiger partial charge on any atom is 0.213 e. The molecule has 0 aliphatic heterocycles. The second kappa shape index (κ2) is 3.59. The first-order valence-electron chi connectivity index (χ1n) is 3.07. The number of ether oxygens (including phenoxy) is 1. The van der Waals surface area contributed by atoms with Crippen molar-refractivity contribution in [2.75, 3.05) is 13.4 Å². The third-order valence-corrected chi connectivity index (χ3v) is 2.16. The van der Waals surface area contributed by atoms with Gasteiger partial charge < -0.3 is 9.29 Å². The molecule has 0 aromatic carbocycles. The maximum absolute atomic E-state index is 10.9. The highest BCUT2D eigenvalue weighted by atomic mass is 32.2. The van der Waals surface area contributed by atoms with Gasteiger partial charge in [0.1, 0.15) is 6.26 Å². The van der Waals surface area contributed by atoms with E-state index in [-0.39, 0.29) is 0 Å². The predicted octanol–water partition coefficient (Wildman–Crippen LogP) is 0.828. The zero-order chi connectivity index (χ0) is 8.27. The van der Waals surface area contributed by atoms with E-state index >= 15 is 0 Å². The minimum absolute atomic E-state index is 0.541. The largest absolute Gasteiger partial charge is 0.612 e. The Bertz CT molecular complexity index is 222. The number of hydrogen-bond acceptors (Lipinski definition) is 3. The molecule has 3 nitrogen and oxygen atoms in total. The summed E-state index contributed by atoms with van der Waals surface area (Å²) in [6.07, 6.45) is 3.17.